The van der Waals surface area contributed by atoms with E-state index in [9.17, 15) is 4.39 Å². The summed E-state index contributed by atoms with van der Waals surface area (Å²) in [4.78, 5) is 0. The quantitative estimate of drug-likeness (QED) is 0.728. The highest BCUT2D eigenvalue weighted by Crippen LogP contribution is 2.40. The fourth-order valence-corrected chi connectivity index (χ4v) is 3.35. The molecule has 1 aromatic carbocycles. The van der Waals surface area contributed by atoms with Gasteiger partial charge in [0, 0.05) is 18.2 Å². The van der Waals surface area contributed by atoms with Crippen LogP contribution in [0.4, 0.5) is 15.8 Å². The zero-order valence-corrected chi connectivity index (χ0v) is 11.1. The molecule has 2 N–H and O–H groups in total. The molecule has 1 aliphatic carbocycles. The highest BCUT2D eigenvalue weighted by molar-refractivity contribution is 6.31. The second-order valence-electron chi connectivity index (χ2n) is 5.45. The van der Waals surface area contributed by atoms with E-state index in [4.69, 9.17) is 11.6 Å². The van der Waals surface area contributed by atoms with Crippen molar-refractivity contribution < 1.29 is 4.39 Å². The number of halogens is 2. The molecule has 2 aliphatic rings. The molecule has 0 saturated heterocycles. The standard InChI is InChI=1S/C14H18ClFN2/c15-10-8-12-13(9-11(10)16)18-14(6-7-17-12)4-2-1-3-5-14/h8-9,17-18H,1-7H2. The molecule has 1 aliphatic heterocycles. The van der Waals surface area contributed by atoms with Gasteiger partial charge in [-0.15, -0.1) is 0 Å². The van der Waals surface area contributed by atoms with Crippen LogP contribution in [-0.2, 0) is 0 Å². The maximum Gasteiger partial charge on any atom is 0.143 e. The first kappa shape index (κ1) is 12.1. The van der Waals surface area contributed by atoms with Crippen LogP contribution in [-0.4, -0.2) is 12.1 Å². The van der Waals surface area contributed by atoms with Crippen molar-refractivity contribution in [3.05, 3.63) is 23.0 Å². The molecule has 4 heteroatoms. The van der Waals surface area contributed by atoms with Crippen LogP contribution in [0.3, 0.4) is 0 Å². The molecule has 0 aromatic heterocycles. The minimum atomic E-state index is -0.349. The number of hydrogen-bond donors (Lipinski definition) is 2. The highest BCUT2D eigenvalue weighted by Gasteiger charge is 2.33. The molecule has 98 valence electrons. The van der Waals surface area contributed by atoms with Crippen molar-refractivity contribution in [2.75, 3.05) is 17.2 Å². The zero-order chi connectivity index (χ0) is 12.6. The van der Waals surface area contributed by atoms with Gasteiger partial charge in [-0.2, -0.15) is 0 Å². The van der Waals surface area contributed by atoms with Crippen LogP contribution in [0.15, 0.2) is 12.1 Å². The van der Waals surface area contributed by atoms with E-state index in [1.54, 1.807) is 6.07 Å². The fourth-order valence-electron chi connectivity index (χ4n) is 3.18. The van der Waals surface area contributed by atoms with Gasteiger partial charge in [0.2, 0.25) is 0 Å². The van der Waals surface area contributed by atoms with Crippen LogP contribution in [0.5, 0.6) is 0 Å². The van der Waals surface area contributed by atoms with Gasteiger partial charge < -0.3 is 10.6 Å². The lowest BCUT2D eigenvalue weighted by Gasteiger charge is -2.38. The van der Waals surface area contributed by atoms with Gasteiger partial charge in [-0.3, -0.25) is 0 Å². The summed E-state index contributed by atoms with van der Waals surface area (Å²) >= 11 is 5.83. The van der Waals surface area contributed by atoms with Crippen molar-refractivity contribution in [3.63, 3.8) is 0 Å². The fraction of sp³-hybridized carbons (Fsp3) is 0.571. The molecule has 1 heterocycles. The monoisotopic (exact) mass is 268 g/mol. The van der Waals surface area contributed by atoms with Crippen molar-refractivity contribution in [2.45, 2.75) is 44.1 Å². The Morgan fingerprint density at radius 3 is 2.61 bits per heavy atom. The molecule has 1 aromatic rings. The Hall–Kier alpha value is -0.960. The summed E-state index contributed by atoms with van der Waals surface area (Å²) < 4.78 is 13.6. The highest BCUT2D eigenvalue weighted by atomic mass is 35.5. The lowest BCUT2D eigenvalue weighted by molar-refractivity contribution is 0.313. The van der Waals surface area contributed by atoms with E-state index in [1.165, 1.54) is 38.2 Å². The van der Waals surface area contributed by atoms with Gasteiger partial charge >= 0.3 is 0 Å². The second kappa shape index (κ2) is 4.61. The summed E-state index contributed by atoms with van der Waals surface area (Å²) in [7, 11) is 0. The third-order valence-corrected chi connectivity index (χ3v) is 4.48. The van der Waals surface area contributed by atoms with Crippen molar-refractivity contribution in [2.24, 2.45) is 0 Å². The van der Waals surface area contributed by atoms with Crippen LogP contribution >= 0.6 is 11.6 Å². The van der Waals surface area contributed by atoms with Gasteiger partial charge in [-0.1, -0.05) is 30.9 Å². The number of nitrogens with one attached hydrogen (secondary N) is 2. The summed E-state index contributed by atoms with van der Waals surface area (Å²) in [5.41, 5.74) is 1.93. The molecule has 3 rings (SSSR count). The van der Waals surface area contributed by atoms with Crippen LogP contribution in [0.1, 0.15) is 38.5 Å². The van der Waals surface area contributed by atoms with Crippen LogP contribution in [0, 0.1) is 5.82 Å². The van der Waals surface area contributed by atoms with E-state index >= 15 is 0 Å². The Morgan fingerprint density at radius 2 is 1.83 bits per heavy atom. The summed E-state index contributed by atoms with van der Waals surface area (Å²) in [5, 5.41) is 7.12. The third-order valence-electron chi connectivity index (χ3n) is 4.19. The average Bonchev–Trinajstić information content (AvgIpc) is 2.51. The number of anilines is 2. The summed E-state index contributed by atoms with van der Waals surface area (Å²) in [6.07, 6.45) is 7.28. The number of hydrogen-bond acceptors (Lipinski definition) is 2. The Bertz CT molecular complexity index is 455. The molecular formula is C14H18ClFN2. The Kier molecular flexibility index (Phi) is 3.10. The van der Waals surface area contributed by atoms with E-state index in [2.05, 4.69) is 10.6 Å². The molecule has 0 amide bonds. The molecule has 0 bridgehead atoms. The normalized spacial score (nSPS) is 21.7. The maximum atomic E-state index is 13.6. The lowest BCUT2D eigenvalue weighted by atomic mass is 9.79. The van der Waals surface area contributed by atoms with E-state index in [0.29, 0.717) is 0 Å². The minimum absolute atomic E-state index is 0.150. The van der Waals surface area contributed by atoms with Crippen molar-refractivity contribution >= 4 is 23.0 Å². The average molecular weight is 269 g/mol. The first-order valence-electron chi connectivity index (χ1n) is 6.70. The van der Waals surface area contributed by atoms with Gasteiger partial charge in [-0.25, -0.2) is 4.39 Å². The minimum Gasteiger partial charge on any atom is -0.383 e. The van der Waals surface area contributed by atoms with Crippen LogP contribution < -0.4 is 10.6 Å². The third kappa shape index (κ3) is 2.16. The number of fused-ring (bicyclic) bond motifs is 1. The van der Waals surface area contributed by atoms with Crippen molar-refractivity contribution in [1.29, 1.82) is 0 Å². The van der Waals surface area contributed by atoms with Crippen molar-refractivity contribution in [1.82, 2.24) is 0 Å². The smallest absolute Gasteiger partial charge is 0.143 e. The number of rotatable bonds is 0. The SMILES string of the molecule is Fc1cc2c(cc1Cl)NCCC1(CCCCC1)N2. The predicted molar refractivity (Wildman–Crippen MR) is 74.0 cm³/mol. The molecule has 0 unspecified atom stereocenters. The van der Waals surface area contributed by atoms with E-state index in [-0.39, 0.29) is 16.4 Å². The largest absolute Gasteiger partial charge is 0.383 e. The summed E-state index contributed by atoms with van der Waals surface area (Å²) in [6, 6.07) is 3.20. The molecule has 1 fully saturated rings. The lowest BCUT2D eigenvalue weighted by Crippen LogP contribution is -2.40. The first-order chi connectivity index (χ1) is 8.69. The van der Waals surface area contributed by atoms with E-state index < -0.39 is 0 Å². The van der Waals surface area contributed by atoms with Crippen LogP contribution in [0.2, 0.25) is 5.02 Å². The van der Waals surface area contributed by atoms with E-state index in [0.717, 1.165) is 24.3 Å². The van der Waals surface area contributed by atoms with Crippen LogP contribution in [0.25, 0.3) is 0 Å². The topological polar surface area (TPSA) is 24.1 Å². The van der Waals surface area contributed by atoms with Gasteiger partial charge in [0.15, 0.2) is 0 Å². The second-order valence-corrected chi connectivity index (χ2v) is 5.86. The zero-order valence-electron chi connectivity index (χ0n) is 10.4. The van der Waals surface area contributed by atoms with Gasteiger partial charge in [-0.05, 0) is 25.3 Å². The maximum absolute atomic E-state index is 13.6. The van der Waals surface area contributed by atoms with Crippen molar-refractivity contribution in [3.8, 4) is 0 Å². The van der Waals surface area contributed by atoms with Gasteiger partial charge in [0.1, 0.15) is 5.82 Å². The molecule has 1 spiro atoms. The Morgan fingerprint density at radius 1 is 1.06 bits per heavy atom. The Balaban J connectivity index is 1.94. The first-order valence-corrected chi connectivity index (χ1v) is 7.07. The Labute approximate surface area is 112 Å². The molecule has 1 saturated carbocycles. The molecule has 0 atom stereocenters. The molecular weight excluding hydrogens is 251 g/mol. The predicted octanol–water partition coefficient (Wildman–Crippen LogP) is 4.41. The molecule has 0 radical (unpaired) electrons. The number of benzene rings is 1. The van der Waals surface area contributed by atoms with Gasteiger partial charge in [0.05, 0.1) is 16.4 Å². The molecule has 2 nitrogen and oxygen atoms in total. The van der Waals surface area contributed by atoms with Gasteiger partial charge in [0.25, 0.3) is 0 Å². The summed E-state index contributed by atoms with van der Waals surface area (Å²) in [5.74, 6) is -0.349. The molecule has 18 heavy (non-hydrogen) atoms. The van der Waals surface area contributed by atoms with E-state index in [1.807, 2.05) is 0 Å². The summed E-state index contributed by atoms with van der Waals surface area (Å²) in [6.45, 7) is 0.919.